The highest BCUT2D eigenvalue weighted by molar-refractivity contribution is 14.1. The summed E-state index contributed by atoms with van der Waals surface area (Å²) < 4.78 is 1.03. The molecule has 0 saturated carbocycles. The molecule has 164 valence electrons. The van der Waals surface area contributed by atoms with Gasteiger partial charge in [0, 0.05) is 36.2 Å². The van der Waals surface area contributed by atoms with E-state index in [9.17, 15) is 24.3 Å². The van der Waals surface area contributed by atoms with Gasteiger partial charge in [-0.25, -0.2) is 4.79 Å². The predicted molar refractivity (Wildman–Crippen MR) is 143 cm³/mol. The molecule has 0 atom stereocenters. The van der Waals surface area contributed by atoms with Gasteiger partial charge in [0.1, 0.15) is 0 Å². The number of aromatic carboxylic acids is 1. The van der Waals surface area contributed by atoms with E-state index in [1.807, 2.05) is 67.8 Å². The number of carboxylic acid groups (broad SMARTS) is 1. The molecule has 2 aromatic rings. The Labute approximate surface area is 219 Å². The Morgan fingerprint density at radius 1 is 0.968 bits per heavy atom. The molecule has 0 fully saturated rings. The molecule has 3 N–H and O–H groups in total. The molecular weight excluding hydrogens is 743 g/mol. The van der Waals surface area contributed by atoms with E-state index in [0.717, 1.165) is 0 Å². The Kier molecular flexibility index (Phi) is 9.47. The van der Waals surface area contributed by atoms with Gasteiger partial charge in [0.2, 0.25) is 11.8 Å². The SMILES string of the molecule is CNC(=O)CCN(C(=O)c1c(I)c(NC(C)=O)c(I)c(C(=O)O)c1I)c1ccccc1. The van der Waals surface area contributed by atoms with Gasteiger partial charge >= 0.3 is 5.97 Å². The van der Waals surface area contributed by atoms with Crippen molar-refractivity contribution in [1.29, 1.82) is 0 Å². The van der Waals surface area contributed by atoms with Crippen molar-refractivity contribution in [1.82, 2.24) is 5.32 Å². The first-order valence-corrected chi connectivity index (χ1v) is 12.1. The Morgan fingerprint density at radius 2 is 1.55 bits per heavy atom. The third kappa shape index (κ3) is 6.06. The van der Waals surface area contributed by atoms with E-state index in [-0.39, 0.29) is 45.2 Å². The van der Waals surface area contributed by atoms with Crippen molar-refractivity contribution in [2.45, 2.75) is 13.3 Å². The Morgan fingerprint density at radius 3 is 2.06 bits per heavy atom. The van der Waals surface area contributed by atoms with E-state index in [0.29, 0.717) is 12.8 Å². The number of hydrogen-bond donors (Lipinski definition) is 3. The van der Waals surface area contributed by atoms with Crippen molar-refractivity contribution in [3.63, 3.8) is 0 Å². The second-order valence-electron chi connectivity index (χ2n) is 6.27. The number of nitrogens with one attached hydrogen (secondary N) is 2. The molecule has 0 aromatic heterocycles. The number of amides is 3. The van der Waals surface area contributed by atoms with Gasteiger partial charge in [-0.3, -0.25) is 14.4 Å². The average Bonchev–Trinajstić information content (AvgIpc) is 2.71. The molecule has 0 unspecified atom stereocenters. The summed E-state index contributed by atoms with van der Waals surface area (Å²) in [5.41, 5.74) is 0.935. The lowest BCUT2D eigenvalue weighted by Gasteiger charge is -2.25. The third-order valence-corrected chi connectivity index (χ3v) is 7.44. The number of nitrogens with zero attached hydrogens (tertiary/aromatic N) is 1. The summed E-state index contributed by atoms with van der Waals surface area (Å²) in [7, 11) is 1.51. The van der Waals surface area contributed by atoms with Crippen LogP contribution in [0.2, 0.25) is 0 Å². The van der Waals surface area contributed by atoms with Crippen LogP contribution in [-0.2, 0) is 9.59 Å². The molecule has 2 aromatic carbocycles. The minimum absolute atomic E-state index is 0.0620. The van der Waals surface area contributed by atoms with Crippen molar-refractivity contribution in [2.24, 2.45) is 0 Å². The molecule has 0 spiro atoms. The molecule has 11 heteroatoms. The zero-order chi connectivity index (χ0) is 23.3. The first-order chi connectivity index (χ1) is 14.6. The second-order valence-corrected chi connectivity index (χ2v) is 9.51. The number of anilines is 2. The topological polar surface area (TPSA) is 116 Å². The van der Waals surface area contributed by atoms with Crippen LogP contribution in [0.1, 0.15) is 34.1 Å². The number of benzene rings is 2. The quantitative estimate of drug-likeness (QED) is 0.371. The van der Waals surface area contributed by atoms with E-state index in [4.69, 9.17) is 0 Å². The zero-order valence-electron chi connectivity index (χ0n) is 16.5. The van der Waals surface area contributed by atoms with Gasteiger partial charge in [0.05, 0.1) is 24.0 Å². The van der Waals surface area contributed by atoms with Crippen LogP contribution in [0.15, 0.2) is 30.3 Å². The molecule has 3 amide bonds. The van der Waals surface area contributed by atoms with Gasteiger partial charge in [-0.05, 0) is 79.9 Å². The number of carbonyl (C=O) groups is 4. The average molecular weight is 761 g/mol. The summed E-state index contributed by atoms with van der Waals surface area (Å²) in [6, 6.07) is 8.82. The lowest BCUT2D eigenvalue weighted by Crippen LogP contribution is -2.36. The summed E-state index contributed by atoms with van der Waals surface area (Å²) in [4.78, 5) is 50.6. The minimum atomic E-state index is -1.21. The van der Waals surface area contributed by atoms with Crippen molar-refractivity contribution < 1.29 is 24.3 Å². The van der Waals surface area contributed by atoms with Gasteiger partial charge in [0.15, 0.2) is 0 Å². The molecule has 0 aliphatic rings. The molecule has 0 heterocycles. The van der Waals surface area contributed by atoms with Crippen LogP contribution < -0.4 is 15.5 Å². The molecule has 31 heavy (non-hydrogen) atoms. The van der Waals surface area contributed by atoms with E-state index in [1.54, 1.807) is 30.3 Å². The number of halogens is 3. The molecule has 0 bridgehead atoms. The van der Waals surface area contributed by atoms with Crippen molar-refractivity contribution >= 4 is 103 Å². The number of carboxylic acids is 1. The van der Waals surface area contributed by atoms with Crippen molar-refractivity contribution in [3.05, 3.63) is 52.2 Å². The van der Waals surface area contributed by atoms with Crippen LogP contribution in [-0.4, -0.2) is 42.4 Å². The fourth-order valence-electron chi connectivity index (χ4n) is 2.75. The Balaban J connectivity index is 2.70. The molecular formula is C20H18I3N3O5. The summed E-state index contributed by atoms with van der Waals surface area (Å²) in [5, 5.41) is 14.9. The fraction of sp³-hybridized carbons (Fsp3) is 0.200. The standard InChI is InChI=1S/C20H18I3N3O5/c1-10(27)25-18-16(22)13(15(21)14(17(18)23)20(30)31)19(29)26(9-8-12(28)24-2)11-6-4-3-5-7-11/h3-7H,8-9H2,1-2H3,(H,24,28)(H,25,27)(H,30,31). The Bertz CT molecular complexity index is 1040. The zero-order valence-corrected chi connectivity index (χ0v) is 22.9. The highest BCUT2D eigenvalue weighted by Crippen LogP contribution is 2.37. The monoisotopic (exact) mass is 761 g/mol. The van der Waals surface area contributed by atoms with Crippen LogP contribution in [0, 0.1) is 10.7 Å². The van der Waals surface area contributed by atoms with Gasteiger partial charge in [-0.1, -0.05) is 18.2 Å². The van der Waals surface area contributed by atoms with Gasteiger partial charge in [0.25, 0.3) is 5.91 Å². The van der Waals surface area contributed by atoms with Crippen LogP contribution >= 0.6 is 67.8 Å². The molecule has 0 radical (unpaired) electrons. The second kappa shape index (κ2) is 11.4. The molecule has 2 rings (SSSR count). The number of carbonyl (C=O) groups excluding carboxylic acids is 3. The van der Waals surface area contributed by atoms with E-state index >= 15 is 0 Å². The highest BCUT2D eigenvalue weighted by atomic mass is 127. The first-order valence-electron chi connectivity index (χ1n) is 8.88. The summed E-state index contributed by atoms with van der Waals surface area (Å²) in [5.74, 6) is -2.28. The normalized spacial score (nSPS) is 10.4. The minimum Gasteiger partial charge on any atom is -0.478 e. The van der Waals surface area contributed by atoms with E-state index in [1.165, 1.54) is 18.9 Å². The third-order valence-electron chi connectivity index (χ3n) is 4.20. The molecule has 0 aliphatic carbocycles. The maximum atomic E-state index is 13.7. The van der Waals surface area contributed by atoms with Crippen LogP contribution in [0.4, 0.5) is 11.4 Å². The van der Waals surface area contributed by atoms with Crippen LogP contribution in [0.5, 0.6) is 0 Å². The first kappa shape index (κ1) is 25.8. The molecule has 0 saturated heterocycles. The number of rotatable bonds is 7. The highest BCUT2D eigenvalue weighted by Gasteiger charge is 2.31. The lowest BCUT2D eigenvalue weighted by atomic mass is 10.1. The molecule has 8 nitrogen and oxygen atoms in total. The maximum absolute atomic E-state index is 13.7. The van der Waals surface area contributed by atoms with Gasteiger partial charge < -0.3 is 20.6 Å². The summed E-state index contributed by atoms with van der Waals surface area (Å²) >= 11 is 5.64. The largest absolute Gasteiger partial charge is 0.478 e. The maximum Gasteiger partial charge on any atom is 0.337 e. The van der Waals surface area contributed by atoms with E-state index < -0.39 is 11.9 Å². The summed E-state index contributed by atoms with van der Waals surface area (Å²) in [6.45, 7) is 1.41. The molecule has 0 aliphatic heterocycles. The predicted octanol–water partition coefficient (Wildman–Crippen LogP) is 3.94. The van der Waals surface area contributed by atoms with Crippen molar-refractivity contribution in [3.8, 4) is 0 Å². The number of para-hydroxylation sites is 1. The Hall–Kier alpha value is -1.49. The lowest BCUT2D eigenvalue weighted by molar-refractivity contribution is -0.120. The van der Waals surface area contributed by atoms with Crippen LogP contribution in [0.25, 0.3) is 0 Å². The van der Waals surface area contributed by atoms with Crippen LogP contribution in [0.3, 0.4) is 0 Å². The van der Waals surface area contributed by atoms with Crippen molar-refractivity contribution in [2.75, 3.05) is 23.8 Å². The van der Waals surface area contributed by atoms with Gasteiger partial charge in [-0.2, -0.15) is 0 Å². The fourth-order valence-corrected chi connectivity index (χ4v) is 7.11. The summed E-state index contributed by atoms with van der Waals surface area (Å²) in [6.07, 6.45) is 0.0685. The van der Waals surface area contributed by atoms with E-state index in [2.05, 4.69) is 10.6 Å². The van der Waals surface area contributed by atoms with Gasteiger partial charge in [-0.15, -0.1) is 0 Å². The smallest absolute Gasteiger partial charge is 0.337 e. The number of hydrogen-bond acceptors (Lipinski definition) is 4.